The summed E-state index contributed by atoms with van der Waals surface area (Å²) in [5.74, 6) is 1.93. The van der Waals surface area contributed by atoms with Gasteiger partial charge in [0.2, 0.25) is 0 Å². The van der Waals surface area contributed by atoms with Gasteiger partial charge in [-0.2, -0.15) is 0 Å². The molecule has 2 heterocycles. The van der Waals surface area contributed by atoms with Crippen molar-refractivity contribution in [3.8, 4) is 11.6 Å². The van der Waals surface area contributed by atoms with E-state index in [1.807, 2.05) is 24.3 Å². The molecule has 120 valence electrons. The molecule has 1 aliphatic rings. The summed E-state index contributed by atoms with van der Waals surface area (Å²) in [4.78, 5) is 0. The summed E-state index contributed by atoms with van der Waals surface area (Å²) in [7, 11) is 0. The number of aromatic nitrogens is 1. The van der Waals surface area contributed by atoms with Gasteiger partial charge in [-0.15, -0.1) is 12.4 Å². The molecule has 1 aromatic heterocycles. The Morgan fingerprint density at radius 1 is 1.32 bits per heavy atom. The standard InChI is InChI=1S/C15H17BrN2O3.ClH/c16-11-3-1-5-13(7-11)19-10-14-8-15(18-21-14)20-9-12-4-2-6-17-12;/h1,3,5,7-8,12,17H,2,4,6,9-10H2;1H/t12-;/m0./s1. The van der Waals surface area contributed by atoms with Gasteiger partial charge in [-0.25, -0.2) is 0 Å². The third-order valence-electron chi connectivity index (χ3n) is 3.31. The highest BCUT2D eigenvalue weighted by Crippen LogP contribution is 2.20. The van der Waals surface area contributed by atoms with E-state index in [4.69, 9.17) is 14.0 Å². The van der Waals surface area contributed by atoms with Gasteiger partial charge >= 0.3 is 0 Å². The summed E-state index contributed by atoms with van der Waals surface area (Å²) in [5.41, 5.74) is 0. The molecule has 1 saturated heterocycles. The van der Waals surface area contributed by atoms with Crippen LogP contribution in [0, 0.1) is 0 Å². The molecule has 0 amide bonds. The van der Waals surface area contributed by atoms with Crippen LogP contribution in [0.3, 0.4) is 0 Å². The summed E-state index contributed by atoms with van der Waals surface area (Å²) < 4.78 is 17.4. The Labute approximate surface area is 143 Å². The minimum atomic E-state index is 0. The van der Waals surface area contributed by atoms with Gasteiger partial charge in [0.1, 0.15) is 19.0 Å². The molecule has 22 heavy (non-hydrogen) atoms. The smallest absolute Gasteiger partial charge is 0.254 e. The van der Waals surface area contributed by atoms with Gasteiger partial charge in [0, 0.05) is 16.6 Å². The largest absolute Gasteiger partial charge is 0.486 e. The van der Waals surface area contributed by atoms with Gasteiger partial charge in [-0.05, 0) is 42.7 Å². The number of hydrogen-bond donors (Lipinski definition) is 1. The molecule has 0 aliphatic carbocycles. The van der Waals surface area contributed by atoms with Gasteiger partial charge in [0.15, 0.2) is 5.76 Å². The molecular formula is C15H18BrClN2O3. The number of halogens is 2. The van der Waals surface area contributed by atoms with Crippen LogP contribution in [-0.2, 0) is 6.61 Å². The van der Waals surface area contributed by atoms with E-state index in [1.165, 1.54) is 6.42 Å². The van der Waals surface area contributed by atoms with E-state index >= 15 is 0 Å². The van der Waals surface area contributed by atoms with E-state index < -0.39 is 0 Å². The van der Waals surface area contributed by atoms with Crippen LogP contribution in [0.15, 0.2) is 39.3 Å². The molecule has 7 heteroatoms. The van der Waals surface area contributed by atoms with Gasteiger partial charge in [0.25, 0.3) is 5.88 Å². The highest BCUT2D eigenvalue weighted by molar-refractivity contribution is 9.10. The van der Waals surface area contributed by atoms with Crippen LogP contribution in [0.5, 0.6) is 11.6 Å². The second-order valence-electron chi connectivity index (χ2n) is 4.98. The van der Waals surface area contributed by atoms with E-state index in [1.54, 1.807) is 6.07 Å². The number of rotatable bonds is 6. The highest BCUT2D eigenvalue weighted by Gasteiger charge is 2.15. The maximum atomic E-state index is 5.63. The summed E-state index contributed by atoms with van der Waals surface area (Å²) in [5, 5.41) is 7.27. The lowest BCUT2D eigenvalue weighted by molar-refractivity contribution is 0.230. The van der Waals surface area contributed by atoms with Crippen LogP contribution < -0.4 is 14.8 Å². The maximum absolute atomic E-state index is 5.63. The van der Waals surface area contributed by atoms with Crippen molar-refractivity contribution >= 4 is 28.3 Å². The zero-order chi connectivity index (χ0) is 14.5. The first-order chi connectivity index (χ1) is 10.3. The summed E-state index contributed by atoms with van der Waals surface area (Å²) in [6, 6.07) is 9.85. The number of nitrogens with one attached hydrogen (secondary N) is 1. The fourth-order valence-electron chi connectivity index (χ4n) is 2.23. The number of ether oxygens (including phenoxy) is 2. The molecule has 3 rings (SSSR count). The lowest BCUT2D eigenvalue weighted by Crippen LogP contribution is -2.28. The van der Waals surface area contributed by atoms with Crippen LogP contribution in [0.1, 0.15) is 18.6 Å². The van der Waals surface area contributed by atoms with Crippen molar-refractivity contribution in [2.45, 2.75) is 25.5 Å². The van der Waals surface area contributed by atoms with Crippen LogP contribution in [0.4, 0.5) is 0 Å². The van der Waals surface area contributed by atoms with E-state index in [2.05, 4.69) is 26.4 Å². The van der Waals surface area contributed by atoms with Crippen molar-refractivity contribution in [3.63, 3.8) is 0 Å². The van der Waals surface area contributed by atoms with Gasteiger partial charge in [-0.3, -0.25) is 0 Å². The molecule has 1 N–H and O–H groups in total. The molecule has 1 atom stereocenters. The van der Waals surface area contributed by atoms with Gasteiger partial charge < -0.3 is 19.3 Å². The van der Waals surface area contributed by atoms with Crippen molar-refractivity contribution < 1.29 is 14.0 Å². The lowest BCUT2D eigenvalue weighted by atomic mass is 10.2. The number of hydrogen-bond acceptors (Lipinski definition) is 5. The van der Waals surface area contributed by atoms with E-state index in [0.717, 1.165) is 23.2 Å². The molecule has 0 unspecified atom stereocenters. The van der Waals surface area contributed by atoms with Crippen LogP contribution >= 0.6 is 28.3 Å². The molecule has 0 bridgehead atoms. The van der Waals surface area contributed by atoms with Crippen molar-refractivity contribution in [3.05, 3.63) is 40.6 Å². The second kappa shape index (κ2) is 8.41. The zero-order valence-corrected chi connectivity index (χ0v) is 14.4. The molecule has 5 nitrogen and oxygen atoms in total. The van der Waals surface area contributed by atoms with Crippen molar-refractivity contribution in [1.82, 2.24) is 10.5 Å². The zero-order valence-electron chi connectivity index (χ0n) is 12.0. The average molecular weight is 390 g/mol. The Balaban J connectivity index is 0.00000176. The minimum Gasteiger partial charge on any atom is -0.486 e. The van der Waals surface area contributed by atoms with E-state index in [9.17, 15) is 0 Å². The Morgan fingerprint density at radius 2 is 2.23 bits per heavy atom. The Kier molecular flexibility index (Phi) is 6.54. The highest BCUT2D eigenvalue weighted by atomic mass is 79.9. The monoisotopic (exact) mass is 388 g/mol. The first-order valence-corrected chi connectivity index (χ1v) is 7.79. The number of nitrogens with zero attached hydrogens (tertiary/aromatic N) is 1. The summed E-state index contributed by atoms with van der Waals surface area (Å²) in [6.45, 7) is 2.02. The van der Waals surface area contributed by atoms with Gasteiger partial charge in [-0.1, -0.05) is 22.0 Å². The molecule has 0 radical (unpaired) electrons. The molecule has 1 aliphatic heterocycles. The maximum Gasteiger partial charge on any atom is 0.254 e. The van der Waals surface area contributed by atoms with Crippen LogP contribution in [-0.4, -0.2) is 24.4 Å². The first kappa shape index (κ1) is 17.1. The predicted octanol–water partition coefficient (Wildman–Crippen LogP) is 3.57. The molecular weight excluding hydrogens is 372 g/mol. The second-order valence-corrected chi connectivity index (χ2v) is 5.90. The predicted molar refractivity (Wildman–Crippen MR) is 88.7 cm³/mol. The normalized spacial score (nSPS) is 17.0. The third-order valence-corrected chi connectivity index (χ3v) is 3.80. The van der Waals surface area contributed by atoms with Crippen molar-refractivity contribution in [2.75, 3.05) is 13.2 Å². The molecule has 1 fully saturated rings. The molecule has 2 aromatic rings. The Hall–Kier alpha value is -1.24. The van der Waals surface area contributed by atoms with E-state index in [0.29, 0.717) is 30.9 Å². The number of benzene rings is 1. The summed E-state index contributed by atoms with van der Waals surface area (Å²) >= 11 is 3.40. The van der Waals surface area contributed by atoms with Crippen molar-refractivity contribution in [1.29, 1.82) is 0 Å². The topological polar surface area (TPSA) is 56.5 Å². The Morgan fingerprint density at radius 3 is 3.00 bits per heavy atom. The Bertz CT molecular complexity index is 588. The molecule has 0 saturated carbocycles. The minimum absolute atomic E-state index is 0. The van der Waals surface area contributed by atoms with Gasteiger partial charge in [0.05, 0.1) is 0 Å². The van der Waals surface area contributed by atoms with E-state index in [-0.39, 0.29) is 12.4 Å². The van der Waals surface area contributed by atoms with Crippen molar-refractivity contribution in [2.24, 2.45) is 0 Å². The average Bonchev–Trinajstić information content (AvgIpc) is 3.15. The molecule has 1 aromatic carbocycles. The first-order valence-electron chi connectivity index (χ1n) is 7.00. The third kappa shape index (κ3) is 4.90. The van der Waals surface area contributed by atoms with Crippen LogP contribution in [0.25, 0.3) is 0 Å². The SMILES string of the molecule is Brc1cccc(OCc2cc(OC[C@@H]3CCCN3)no2)c1.Cl. The lowest BCUT2D eigenvalue weighted by Gasteiger charge is -2.08. The quantitative estimate of drug-likeness (QED) is 0.818. The molecule has 0 spiro atoms. The fraction of sp³-hybridized carbons (Fsp3) is 0.400. The summed E-state index contributed by atoms with van der Waals surface area (Å²) in [6.07, 6.45) is 2.36. The fourth-order valence-corrected chi connectivity index (χ4v) is 2.60. The van der Waals surface area contributed by atoms with Crippen LogP contribution in [0.2, 0.25) is 0 Å².